The third-order valence-corrected chi connectivity index (χ3v) is 2.90. The fraction of sp³-hybridized carbons (Fsp3) is 0.538. The first-order valence-corrected chi connectivity index (χ1v) is 7.38. The van der Waals surface area contributed by atoms with E-state index in [0.717, 1.165) is 12.8 Å². The minimum atomic E-state index is -3.81. The summed E-state index contributed by atoms with van der Waals surface area (Å²) in [5.41, 5.74) is 2.40. The zero-order valence-corrected chi connectivity index (χ0v) is 11.6. The van der Waals surface area contributed by atoms with Crippen molar-refractivity contribution in [3.8, 4) is 0 Å². The van der Waals surface area contributed by atoms with Crippen LogP contribution in [-0.4, -0.2) is 18.7 Å². The molecule has 0 fully saturated rings. The molecule has 0 aromatic rings. The second-order valence-corrected chi connectivity index (χ2v) is 5.80. The van der Waals surface area contributed by atoms with Crippen molar-refractivity contribution in [3.63, 3.8) is 0 Å². The van der Waals surface area contributed by atoms with Gasteiger partial charge in [-0.25, -0.2) is 0 Å². The number of rotatable bonds is 7. The molecule has 0 spiro atoms. The highest BCUT2D eigenvalue weighted by Crippen LogP contribution is 2.12. The van der Waals surface area contributed by atoms with Crippen LogP contribution in [0.4, 0.5) is 0 Å². The molecule has 0 aromatic heterocycles. The van der Waals surface area contributed by atoms with Crippen LogP contribution in [0.2, 0.25) is 0 Å². The van der Waals surface area contributed by atoms with Gasteiger partial charge in [-0.05, 0) is 45.6 Å². The topological polar surface area (TPSA) is 54.4 Å². The second kappa shape index (κ2) is 8.25. The molecule has 0 aliphatic carbocycles. The van der Waals surface area contributed by atoms with Gasteiger partial charge in [0.25, 0.3) is 10.1 Å². The summed E-state index contributed by atoms with van der Waals surface area (Å²) < 4.78 is 29.7. The molecule has 0 aliphatic rings. The molecule has 98 valence electrons. The third kappa shape index (κ3) is 11.4. The van der Waals surface area contributed by atoms with E-state index in [0.29, 0.717) is 6.42 Å². The van der Waals surface area contributed by atoms with Crippen LogP contribution in [0, 0.1) is 0 Å². The molecule has 4 heteroatoms. The minimum Gasteiger partial charge on any atom is -0.286 e. The molecule has 0 rings (SSSR count). The Bertz CT molecular complexity index is 396. The molecule has 0 heterocycles. The van der Waals surface area contributed by atoms with E-state index < -0.39 is 10.1 Å². The van der Waals surface area contributed by atoms with Crippen molar-refractivity contribution in [2.45, 2.75) is 40.0 Å². The lowest BCUT2D eigenvalue weighted by Gasteiger charge is -2.02. The highest BCUT2D eigenvalue weighted by molar-refractivity contribution is 7.85. The normalized spacial score (nSPS) is 13.1. The molecular formula is C13H22O3S. The predicted octanol–water partition coefficient (Wildman–Crippen LogP) is 3.51. The Morgan fingerprint density at radius 2 is 1.88 bits per heavy atom. The van der Waals surface area contributed by atoms with Gasteiger partial charge in [-0.3, -0.25) is 4.55 Å². The summed E-state index contributed by atoms with van der Waals surface area (Å²) in [6.07, 6.45) is 10.1. The van der Waals surface area contributed by atoms with Crippen LogP contribution in [-0.2, 0) is 10.1 Å². The monoisotopic (exact) mass is 258 g/mol. The maximum absolute atomic E-state index is 10.5. The SMILES string of the molecule is CC=CC=C(C=C(C)C)CCCCS(=O)(=O)O. The largest absolute Gasteiger partial charge is 0.286 e. The zero-order valence-electron chi connectivity index (χ0n) is 10.8. The molecule has 0 unspecified atom stereocenters. The minimum absolute atomic E-state index is 0.154. The van der Waals surface area contributed by atoms with E-state index in [4.69, 9.17) is 4.55 Å². The van der Waals surface area contributed by atoms with Crippen molar-refractivity contribution in [2.24, 2.45) is 0 Å². The first-order valence-electron chi connectivity index (χ1n) is 5.77. The average Bonchev–Trinajstić information content (AvgIpc) is 2.18. The van der Waals surface area contributed by atoms with Crippen molar-refractivity contribution in [3.05, 3.63) is 35.5 Å². The number of allylic oxidation sites excluding steroid dienone is 6. The highest BCUT2D eigenvalue weighted by Gasteiger charge is 2.03. The van der Waals surface area contributed by atoms with Crippen LogP contribution < -0.4 is 0 Å². The molecule has 0 bridgehead atoms. The van der Waals surface area contributed by atoms with Crippen LogP contribution in [0.25, 0.3) is 0 Å². The molecule has 0 saturated heterocycles. The molecule has 1 N–H and O–H groups in total. The predicted molar refractivity (Wildman–Crippen MR) is 72.6 cm³/mol. The quantitative estimate of drug-likeness (QED) is 0.432. The van der Waals surface area contributed by atoms with E-state index in [1.54, 1.807) is 0 Å². The van der Waals surface area contributed by atoms with Crippen LogP contribution in [0.5, 0.6) is 0 Å². The number of hydrogen-bond donors (Lipinski definition) is 1. The van der Waals surface area contributed by atoms with Crippen molar-refractivity contribution in [2.75, 3.05) is 5.75 Å². The number of hydrogen-bond acceptors (Lipinski definition) is 2. The van der Waals surface area contributed by atoms with Gasteiger partial charge in [0, 0.05) is 0 Å². The Labute approximate surface area is 105 Å². The molecule has 0 saturated carbocycles. The lowest BCUT2D eigenvalue weighted by Crippen LogP contribution is -2.03. The molecule has 0 amide bonds. The molecule has 0 atom stereocenters. The maximum atomic E-state index is 10.5. The fourth-order valence-electron chi connectivity index (χ4n) is 1.41. The summed E-state index contributed by atoms with van der Waals surface area (Å²) in [6.45, 7) is 6.01. The van der Waals surface area contributed by atoms with Gasteiger partial charge in [-0.1, -0.05) is 29.9 Å². The standard InChI is InChI=1S/C13H22O3S/c1-4-5-8-13(11-12(2)3)9-6-7-10-17(14,15)16/h4-5,8,11H,6-7,9-10H2,1-3H3,(H,14,15,16). The van der Waals surface area contributed by atoms with E-state index in [-0.39, 0.29) is 5.75 Å². The third-order valence-electron chi connectivity index (χ3n) is 2.09. The molecule has 0 radical (unpaired) electrons. The highest BCUT2D eigenvalue weighted by atomic mass is 32.2. The summed E-state index contributed by atoms with van der Waals surface area (Å²) in [6, 6.07) is 0. The van der Waals surface area contributed by atoms with Gasteiger partial charge in [-0.15, -0.1) is 0 Å². The molecular weight excluding hydrogens is 236 g/mol. The van der Waals surface area contributed by atoms with Gasteiger partial charge in [0.1, 0.15) is 0 Å². The summed E-state index contributed by atoms with van der Waals surface area (Å²) in [5, 5.41) is 0. The fourth-order valence-corrected chi connectivity index (χ4v) is 1.98. The van der Waals surface area contributed by atoms with E-state index in [1.165, 1.54) is 11.1 Å². The first-order chi connectivity index (χ1) is 7.85. The lowest BCUT2D eigenvalue weighted by molar-refractivity contribution is 0.480. The van der Waals surface area contributed by atoms with Gasteiger partial charge in [0.2, 0.25) is 0 Å². The van der Waals surface area contributed by atoms with E-state index >= 15 is 0 Å². The van der Waals surface area contributed by atoms with Crippen LogP contribution >= 0.6 is 0 Å². The van der Waals surface area contributed by atoms with Crippen LogP contribution in [0.3, 0.4) is 0 Å². The van der Waals surface area contributed by atoms with Crippen LogP contribution in [0.1, 0.15) is 40.0 Å². The number of unbranched alkanes of at least 4 members (excludes halogenated alkanes) is 1. The van der Waals surface area contributed by atoms with Gasteiger partial charge in [0.05, 0.1) is 5.75 Å². The van der Waals surface area contributed by atoms with Gasteiger partial charge in [-0.2, -0.15) is 8.42 Å². The lowest BCUT2D eigenvalue weighted by atomic mass is 10.1. The Kier molecular flexibility index (Phi) is 7.83. The van der Waals surface area contributed by atoms with Crippen molar-refractivity contribution >= 4 is 10.1 Å². The Balaban J connectivity index is 4.24. The zero-order chi connectivity index (χ0) is 13.3. The second-order valence-electron chi connectivity index (χ2n) is 4.23. The van der Waals surface area contributed by atoms with Gasteiger partial charge < -0.3 is 0 Å². The summed E-state index contributed by atoms with van der Waals surface area (Å²) in [7, 11) is -3.81. The molecule has 0 aromatic carbocycles. The van der Waals surface area contributed by atoms with E-state index in [1.807, 2.05) is 39.0 Å². The summed E-state index contributed by atoms with van der Waals surface area (Å²) in [4.78, 5) is 0. The van der Waals surface area contributed by atoms with E-state index in [2.05, 4.69) is 6.08 Å². The van der Waals surface area contributed by atoms with Crippen molar-refractivity contribution < 1.29 is 13.0 Å². The van der Waals surface area contributed by atoms with E-state index in [9.17, 15) is 8.42 Å². The smallest absolute Gasteiger partial charge is 0.264 e. The average molecular weight is 258 g/mol. The van der Waals surface area contributed by atoms with Gasteiger partial charge >= 0.3 is 0 Å². The summed E-state index contributed by atoms with van der Waals surface area (Å²) in [5.74, 6) is -0.154. The van der Waals surface area contributed by atoms with Crippen molar-refractivity contribution in [1.29, 1.82) is 0 Å². The molecule has 17 heavy (non-hydrogen) atoms. The van der Waals surface area contributed by atoms with Crippen molar-refractivity contribution in [1.82, 2.24) is 0 Å². The Morgan fingerprint density at radius 3 is 2.35 bits per heavy atom. The summed E-state index contributed by atoms with van der Waals surface area (Å²) >= 11 is 0. The van der Waals surface area contributed by atoms with Gasteiger partial charge in [0.15, 0.2) is 0 Å². The Hall–Kier alpha value is -0.870. The molecule has 3 nitrogen and oxygen atoms in total. The van der Waals surface area contributed by atoms with Crippen LogP contribution in [0.15, 0.2) is 35.5 Å². The Morgan fingerprint density at radius 1 is 1.24 bits per heavy atom. The molecule has 0 aliphatic heterocycles. The first kappa shape index (κ1) is 16.1. The maximum Gasteiger partial charge on any atom is 0.264 e.